The van der Waals surface area contributed by atoms with Crippen molar-refractivity contribution in [2.75, 3.05) is 13.2 Å². The Morgan fingerprint density at radius 2 is 1.93 bits per heavy atom. The number of benzene rings is 2. The topological polar surface area (TPSA) is 55.8 Å². The maximum absolute atomic E-state index is 11.2. The Hall–Kier alpha value is -1.28. The Morgan fingerprint density at radius 3 is 2.53 bits per heavy atom. The number of allylic oxidation sites excluding steroid dienone is 1. The summed E-state index contributed by atoms with van der Waals surface area (Å²) in [6.45, 7) is 4.37. The smallest absolute Gasteiger partial charge is 0.333 e. The van der Waals surface area contributed by atoms with Crippen LogP contribution in [0.1, 0.15) is 25.0 Å². The zero-order valence-electron chi connectivity index (χ0n) is 16.5. The summed E-state index contributed by atoms with van der Waals surface area (Å²) >= 11 is 10.9. The fraction of sp³-hybridized carbons (Fsp3) is 0.261. The van der Waals surface area contributed by atoms with Gasteiger partial charge < -0.3 is 14.6 Å². The Bertz CT molecular complexity index is 972. The van der Waals surface area contributed by atoms with Crippen molar-refractivity contribution in [2.45, 2.75) is 26.4 Å². The van der Waals surface area contributed by atoms with Crippen molar-refractivity contribution in [3.8, 4) is 17.6 Å². The van der Waals surface area contributed by atoms with Crippen LogP contribution in [0.5, 0.6) is 5.75 Å². The van der Waals surface area contributed by atoms with E-state index in [1.807, 2.05) is 25.1 Å². The van der Waals surface area contributed by atoms with Gasteiger partial charge in [-0.25, -0.2) is 4.79 Å². The van der Waals surface area contributed by atoms with Crippen molar-refractivity contribution in [2.24, 2.45) is 0 Å². The molecule has 2 rings (SSSR count). The molecule has 0 spiro atoms. The van der Waals surface area contributed by atoms with Crippen LogP contribution in [0.4, 0.5) is 0 Å². The lowest BCUT2D eigenvalue weighted by Gasteiger charge is -2.13. The Balaban J connectivity index is 1.97. The molecular weight excluding hydrogens is 630 g/mol. The molecule has 0 aliphatic heterocycles. The van der Waals surface area contributed by atoms with Gasteiger partial charge in [-0.05, 0) is 107 Å². The molecule has 0 heterocycles. The first-order valence-corrected chi connectivity index (χ1v) is 11.7. The van der Waals surface area contributed by atoms with Crippen molar-refractivity contribution in [3.05, 3.63) is 71.3 Å². The van der Waals surface area contributed by atoms with Crippen LogP contribution in [-0.2, 0) is 16.0 Å². The van der Waals surface area contributed by atoms with Crippen LogP contribution in [0.2, 0.25) is 5.02 Å². The monoisotopic (exact) mass is 650 g/mol. The predicted octanol–water partition coefficient (Wildman–Crippen LogP) is 5.96. The van der Waals surface area contributed by atoms with Gasteiger partial charge in [0.2, 0.25) is 0 Å². The van der Waals surface area contributed by atoms with E-state index >= 15 is 0 Å². The largest absolute Gasteiger partial charge is 0.488 e. The second-order valence-corrected chi connectivity index (χ2v) is 9.26. The average Bonchev–Trinajstić information content (AvgIpc) is 2.67. The molecule has 158 valence electrons. The minimum atomic E-state index is -0.991. The molecule has 30 heavy (non-hydrogen) atoms. The van der Waals surface area contributed by atoms with Crippen molar-refractivity contribution in [1.29, 1.82) is 0 Å². The summed E-state index contributed by atoms with van der Waals surface area (Å²) in [5.74, 6) is 5.84. The number of halogens is 3. The van der Waals surface area contributed by atoms with Gasteiger partial charge in [-0.2, -0.15) is 0 Å². The Labute approximate surface area is 209 Å². The lowest BCUT2D eigenvalue weighted by Crippen LogP contribution is -2.26. The summed E-state index contributed by atoms with van der Waals surface area (Å²) in [5.41, 5.74) is 2.65. The molecule has 2 aromatic rings. The third-order valence-electron chi connectivity index (χ3n) is 3.96. The van der Waals surface area contributed by atoms with Gasteiger partial charge in [0.15, 0.2) is 6.10 Å². The summed E-state index contributed by atoms with van der Waals surface area (Å²) in [6.07, 6.45) is 1.25. The van der Waals surface area contributed by atoms with Gasteiger partial charge in [0, 0.05) is 25.7 Å². The van der Waals surface area contributed by atoms with Crippen LogP contribution < -0.4 is 4.74 Å². The fourth-order valence-electron chi connectivity index (χ4n) is 2.53. The van der Waals surface area contributed by atoms with E-state index < -0.39 is 12.1 Å². The molecule has 0 radical (unpaired) electrons. The van der Waals surface area contributed by atoms with Gasteiger partial charge in [0.1, 0.15) is 12.4 Å². The third kappa shape index (κ3) is 8.46. The minimum absolute atomic E-state index is 0.245. The standard InChI is InChI=1S/C23H21ClI2O4/c1-3-29-22(23(27)28)13-17-6-7-21(20(24)12-17)30-9-8-15(2)4-5-16-10-18(25)14-19(26)11-16/h6-8,10-12,14,22H,3,9,13H2,1-2H3,(H,27,28). The fourth-order valence-corrected chi connectivity index (χ4v) is 4.72. The molecule has 2 aromatic carbocycles. The SMILES string of the molecule is CCOC(Cc1ccc(OCC=C(C)C#Cc2cc(I)cc(I)c2)c(Cl)c1)C(=O)O. The zero-order chi connectivity index (χ0) is 22.1. The Kier molecular flexibility index (Phi) is 10.4. The van der Waals surface area contributed by atoms with Gasteiger partial charge in [0.25, 0.3) is 0 Å². The molecule has 4 nitrogen and oxygen atoms in total. The van der Waals surface area contributed by atoms with Crippen LogP contribution in [0.3, 0.4) is 0 Å². The molecule has 0 aromatic heterocycles. The molecular formula is C23H21ClI2O4. The number of hydrogen-bond acceptors (Lipinski definition) is 3. The van der Waals surface area contributed by atoms with E-state index in [-0.39, 0.29) is 6.42 Å². The van der Waals surface area contributed by atoms with Crippen LogP contribution >= 0.6 is 56.8 Å². The number of aliphatic carboxylic acids is 1. The minimum Gasteiger partial charge on any atom is -0.488 e. The predicted molar refractivity (Wildman–Crippen MR) is 136 cm³/mol. The number of rotatable bonds is 8. The molecule has 0 saturated carbocycles. The van der Waals surface area contributed by atoms with Crippen LogP contribution in [0.25, 0.3) is 0 Å². The summed E-state index contributed by atoms with van der Waals surface area (Å²) < 4.78 is 13.3. The molecule has 0 saturated heterocycles. The maximum Gasteiger partial charge on any atom is 0.333 e. The van der Waals surface area contributed by atoms with Gasteiger partial charge in [-0.15, -0.1) is 0 Å². The molecule has 0 aliphatic carbocycles. The Morgan fingerprint density at radius 1 is 1.23 bits per heavy atom. The van der Waals surface area contributed by atoms with E-state index in [0.29, 0.717) is 24.0 Å². The van der Waals surface area contributed by atoms with Crippen molar-refractivity contribution in [1.82, 2.24) is 0 Å². The van der Waals surface area contributed by atoms with E-state index in [9.17, 15) is 9.90 Å². The molecule has 0 aliphatic rings. The second-order valence-electron chi connectivity index (χ2n) is 6.36. The quantitative estimate of drug-likeness (QED) is 0.283. The van der Waals surface area contributed by atoms with Crippen LogP contribution in [-0.4, -0.2) is 30.4 Å². The molecule has 0 fully saturated rings. The maximum atomic E-state index is 11.2. The van der Waals surface area contributed by atoms with Crippen LogP contribution in [0, 0.1) is 19.0 Å². The lowest BCUT2D eigenvalue weighted by molar-refractivity contribution is -0.149. The molecule has 1 unspecified atom stereocenters. The summed E-state index contributed by atoms with van der Waals surface area (Å²) in [5, 5.41) is 9.63. The van der Waals surface area contributed by atoms with E-state index in [4.69, 9.17) is 21.1 Å². The number of carboxylic acid groups (broad SMARTS) is 1. The highest BCUT2D eigenvalue weighted by molar-refractivity contribution is 14.1. The van der Waals surface area contributed by atoms with Crippen molar-refractivity contribution >= 4 is 62.8 Å². The molecule has 0 amide bonds. The highest BCUT2D eigenvalue weighted by atomic mass is 127. The molecule has 7 heteroatoms. The number of carboxylic acids is 1. The normalized spacial score (nSPS) is 12.1. The highest BCUT2D eigenvalue weighted by Crippen LogP contribution is 2.26. The highest BCUT2D eigenvalue weighted by Gasteiger charge is 2.18. The van der Waals surface area contributed by atoms with Crippen molar-refractivity contribution < 1.29 is 19.4 Å². The average molecular weight is 651 g/mol. The number of hydrogen-bond donors (Lipinski definition) is 1. The lowest BCUT2D eigenvalue weighted by atomic mass is 10.1. The summed E-state index contributed by atoms with van der Waals surface area (Å²) in [6, 6.07) is 11.4. The van der Waals surface area contributed by atoms with Gasteiger partial charge >= 0.3 is 5.97 Å². The van der Waals surface area contributed by atoms with E-state index in [1.165, 1.54) is 0 Å². The molecule has 0 bridgehead atoms. The van der Waals surface area contributed by atoms with Gasteiger partial charge in [0.05, 0.1) is 5.02 Å². The van der Waals surface area contributed by atoms with E-state index in [1.54, 1.807) is 25.1 Å². The molecule has 1 N–H and O–H groups in total. The third-order valence-corrected chi connectivity index (χ3v) is 5.50. The second kappa shape index (κ2) is 12.5. The van der Waals surface area contributed by atoms with Crippen molar-refractivity contribution in [3.63, 3.8) is 0 Å². The first kappa shape index (κ1) is 25.0. The number of carbonyl (C=O) groups is 1. The first-order valence-electron chi connectivity index (χ1n) is 9.19. The summed E-state index contributed by atoms with van der Waals surface area (Å²) in [7, 11) is 0. The van der Waals surface area contributed by atoms with Gasteiger partial charge in [-0.1, -0.05) is 29.5 Å². The van der Waals surface area contributed by atoms with Crippen LogP contribution in [0.15, 0.2) is 48.0 Å². The first-order chi connectivity index (χ1) is 14.3. The number of ether oxygens (including phenoxy) is 2. The summed E-state index contributed by atoms with van der Waals surface area (Å²) in [4.78, 5) is 11.2. The van der Waals surface area contributed by atoms with Gasteiger partial charge in [-0.3, -0.25) is 0 Å². The van der Waals surface area contributed by atoms with E-state index in [0.717, 1.165) is 23.8 Å². The van der Waals surface area contributed by atoms with E-state index in [2.05, 4.69) is 63.1 Å². The molecule has 1 atom stereocenters. The zero-order valence-corrected chi connectivity index (χ0v) is 21.6.